The highest BCUT2D eigenvalue weighted by molar-refractivity contribution is 5.94. The van der Waals surface area contributed by atoms with Crippen LogP contribution in [-0.4, -0.2) is 23.6 Å². The van der Waals surface area contributed by atoms with Crippen LogP contribution in [-0.2, 0) is 9.53 Å². The number of hydrogen-bond donors (Lipinski definition) is 1. The van der Waals surface area contributed by atoms with Crippen LogP contribution in [0.4, 0.5) is 5.69 Å². The van der Waals surface area contributed by atoms with E-state index in [2.05, 4.69) is 10.3 Å². The van der Waals surface area contributed by atoms with Gasteiger partial charge < -0.3 is 10.1 Å². The molecule has 1 atom stereocenters. The summed E-state index contributed by atoms with van der Waals surface area (Å²) in [6.45, 7) is 2.64. The lowest BCUT2D eigenvalue weighted by molar-refractivity contribution is -0.124. The number of amides is 1. The molecule has 4 nitrogen and oxygen atoms in total. The van der Waals surface area contributed by atoms with Crippen molar-refractivity contribution in [2.75, 3.05) is 11.9 Å². The summed E-state index contributed by atoms with van der Waals surface area (Å²) in [5.41, 5.74) is 3.70. The maximum absolute atomic E-state index is 12.1. The largest absolute Gasteiger partial charge is 0.368 e. The van der Waals surface area contributed by atoms with Crippen LogP contribution < -0.4 is 5.32 Å². The van der Waals surface area contributed by atoms with Crippen molar-refractivity contribution in [2.24, 2.45) is 0 Å². The van der Waals surface area contributed by atoms with Crippen molar-refractivity contribution >= 4 is 23.7 Å². The molecule has 1 unspecified atom stereocenters. The van der Waals surface area contributed by atoms with E-state index in [0.29, 0.717) is 6.61 Å². The minimum absolute atomic E-state index is 0.0658. The van der Waals surface area contributed by atoms with Gasteiger partial charge in [0.1, 0.15) is 6.10 Å². The second kappa shape index (κ2) is 7.20. The molecular formula is C19H20N2O2. The Labute approximate surface area is 136 Å². The third-order valence-electron chi connectivity index (χ3n) is 3.73. The van der Waals surface area contributed by atoms with Gasteiger partial charge in [0.25, 0.3) is 5.91 Å². The third-order valence-corrected chi connectivity index (χ3v) is 3.73. The normalized spacial score (nSPS) is 17.5. The Morgan fingerprint density at radius 1 is 1.26 bits per heavy atom. The maximum Gasteiger partial charge on any atom is 0.253 e. The SMILES string of the molecule is Cc1cccc(C=Cc2cccc(NC(=O)C3CCCO3)c2)n1. The Balaban J connectivity index is 1.68. The number of aromatic nitrogens is 1. The molecule has 0 spiro atoms. The molecule has 1 aliphatic heterocycles. The Morgan fingerprint density at radius 3 is 2.91 bits per heavy atom. The van der Waals surface area contributed by atoms with E-state index in [0.717, 1.165) is 35.5 Å². The first-order valence-electron chi connectivity index (χ1n) is 7.85. The van der Waals surface area contributed by atoms with E-state index in [4.69, 9.17) is 4.74 Å². The summed E-state index contributed by atoms with van der Waals surface area (Å²) in [5, 5.41) is 2.92. The Bertz CT molecular complexity index is 719. The summed E-state index contributed by atoms with van der Waals surface area (Å²) in [4.78, 5) is 16.5. The molecule has 0 saturated carbocycles. The number of pyridine rings is 1. The first-order valence-corrected chi connectivity index (χ1v) is 7.85. The lowest BCUT2D eigenvalue weighted by atomic mass is 10.1. The smallest absolute Gasteiger partial charge is 0.253 e. The van der Waals surface area contributed by atoms with E-state index in [1.54, 1.807) is 0 Å². The molecule has 0 radical (unpaired) electrons. The molecule has 0 aliphatic carbocycles. The third kappa shape index (κ3) is 4.27. The van der Waals surface area contributed by atoms with E-state index in [9.17, 15) is 4.79 Å². The first-order chi connectivity index (χ1) is 11.2. The van der Waals surface area contributed by atoms with E-state index in [1.165, 1.54) is 0 Å². The van der Waals surface area contributed by atoms with Crippen molar-refractivity contribution in [1.82, 2.24) is 4.98 Å². The van der Waals surface area contributed by atoms with Crippen LogP contribution >= 0.6 is 0 Å². The number of benzene rings is 1. The van der Waals surface area contributed by atoms with Gasteiger partial charge in [0, 0.05) is 18.0 Å². The van der Waals surface area contributed by atoms with Gasteiger partial charge in [-0.05, 0) is 55.7 Å². The van der Waals surface area contributed by atoms with Crippen LogP contribution in [0, 0.1) is 6.92 Å². The van der Waals surface area contributed by atoms with Gasteiger partial charge in [-0.3, -0.25) is 9.78 Å². The monoisotopic (exact) mass is 308 g/mol. The number of ether oxygens (including phenoxy) is 1. The van der Waals surface area contributed by atoms with Crippen molar-refractivity contribution in [3.8, 4) is 0 Å². The van der Waals surface area contributed by atoms with Crippen molar-refractivity contribution in [3.63, 3.8) is 0 Å². The molecule has 1 aromatic heterocycles. The van der Waals surface area contributed by atoms with Gasteiger partial charge in [-0.15, -0.1) is 0 Å². The fourth-order valence-corrected chi connectivity index (χ4v) is 2.57. The van der Waals surface area contributed by atoms with Crippen LogP contribution in [0.5, 0.6) is 0 Å². The highest BCUT2D eigenvalue weighted by atomic mass is 16.5. The topological polar surface area (TPSA) is 51.2 Å². The molecular weight excluding hydrogens is 288 g/mol. The number of carbonyl (C=O) groups excluding carboxylic acids is 1. The summed E-state index contributed by atoms with van der Waals surface area (Å²) >= 11 is 0. The molecule has 23 heavy (non-hydrogen) atoms. The van der Waals surface area contributed by atoms with Gasteiger partial charge in [0.05, 0.1) is 5.69 Å². The van der Waals surface area contributed by atoms with E-state index in [-0.39, 0.29) is 12.0 Å². The zero-order chi connectivity index (χ0) is 16.1. The molecule has 1 aromatic carbocycles. The van der Waals surface area contributed by atoms with E-state index < -0.39 is 0 Å². The molecule has 1 N–H and O–H groups in total. The highest BCUT2D eigenvalue weighted by Gasteiger charge is 2.23. The molecule has 4 heteroatoms. The molecule has 3 rings (SSSR count). The lowest BCUT2D eigenvalue weighted by Gasteiger charge is -2.10. The van der Waals surface area contributed by atoms with Crippen LogP contribution in [0.15, 0.2) is 42.5 Å². The summed E-state index contributed by atoms with van der Waals surface area (Å²) in [6.07, 6.45) is 5.39. The zero-order valence-electron chi connectivity index (χ0n) is 13.2. The summed E-state index contributed by atoms with van der Waals surface area (Å²) in [7, 11) is 0. The molecule has 118 valence electrons. The van der Waals surface area contributed by atoms with E-state index >= 15 is 0 Å². The number of carbonyl (C=O) groups is 1. The van der Waals surface area contributed by atoms with Crippen LogP contribution in [0.1, 0.15) is 29.8 Å². The number of hydrogen-bond acceptors (Lipinski definition) is 3. The van der Waals surface area contributed by atoms with Crippen molar-refractivity contribution in [3.05, 3.63) is 59.4 Å². The van der Waals surface area contributed by atoms with E-state index in [1.807, 2.05) is 61.5 Å². The second-order valence-corrected chi connectivity index (χ2v) is 5.65. The average Bonchev–Trinajstić information content (AvgIpc) is 3.08. The number of nitrogens with zero attached hydrogens (tertiary/aromatic N) is 1. The molecule has 1 saturated heterocycles. The van der Waals surface area contributed by atoms with Gasteiger partial charge in [0.2, 0.25) is 0 Å². The van der Waals surface area contributed by atoms with Gasteiger partial charge in [-0.25, -0.2) is 0 Å². The molecule has 1 fully saturated rings. The van der Waals surface area contributed by atoms with Gasteiger partial charge in [0.15, 0.2) is 0 Å². The molecule has 2 heterocycles. The maximum atomic E-state index is 12.1. The quantitative estimate of drug-likeness (QED) is 0.937. The van der Waals surface area contributed by atoms with Crippen molar-refractivity contribution in [1.29, 1.82) is 0 Å². The van der Waals surface area contributed by atoms with Crippen LogP contribution in [0.2, 0.25) is 0 Å². The van der Waals surface area contributed by atoms with Gasteiger partial charge in [-0.2, -0.15) is 0 Å². The van der Waals surface area contributed by atoms with Gasteiger partial charge >= 0.3 is 0 Å². The Morgan fingerprint density at radius 2 is 2.13 bits per heavy atom. The zero-order valence-corrected chi connectivity index (χ0v) is 13.2. The average molecular weight is 308 g/mol. The van der Waals surface area contributed by atoms with Crippen molar-refractivity contribution < 1.29 is 9.53 Å². The number of anilines is 1. The fourth-order valence-electron chi connectivity index (χ4n) is 2.57. The standard InChI is InChI=1S/C19H20N2O2/c1-14-5-2-7-16(20-14)11-10-15-6-3-8-17(13-15)21-19(22)18-9-4-12-23-18/h2-3,5-8,10-11,13,18H,4,9,12H2,1H3,(H,21,22). The fraction of sp³-hybridized carbons (Fsp3) is 0.263. The molecule has 1 aliphatic rings. The predicted octanol–water partition coefficient (Wildman–Crippen LogP) is 3.68. The first kappa shape index (κ1) is 15.4. The summed E-state index contributed by atoms with van der Waals surface area (Å²) < 4.78 is 5.40. The highest BCUT2D eigenvalue weighted by Crippen LogP contribution is 2.17. The number of aryl methyl sites for hydroxylation is 1. The Hall–Kier alpha value is -2.46. The van der Waals surface area contributed by atoms with Gasteiger partial charge in [-0.1, -0.05) is 24.3 Å². The van der Waals surface area contributed by atoms with Crippen LogP contribution in [0.3, 0.4) is 0 Å². The molecule has 2 aromatic rings. The minimum atomic E-state index is -0.314. The number of rotatable bonds is 4. The number of nitrogens with one attached hydrogen (secondary N) is 1. The summed E-state index contributed by atoms with van der Waals surface area (Å²) in [5.74, 6) is -0.0658. The minimum Gasteiger partial charge on any atom is -0.368 e. The van der Waals surface area contributed by atoms with Crippen LogP contribution in [0.25, 0.3) is 12.2 Å². The molecule has 0 bridgehead atoms. The second-order valence-electron chi connectivity index (χ2n) is 5.65. The molecule has 1 amide bonds. The Kier molecular flexibility index (Phi) is 4.83. The lowest BCUT2D eigenvalue weighted by Crippen LogP contribution is -2.26. The van der Waals surface area contributed by atoms with Crippen molar-refractivity contribution in [2.45, 2.75) is 25.9 Å². The summed E-state index contributed by atoms with van der Waals surface area (Å²) in [6, 6.07) is 13.7. The predicted molar refractivity (Wildman–Crippen MR) is 91.9 cm³/mol.